The van der Waals surface area contributed by atoms with Crippen molar-refractivity contribution in [2.24, 2.45) is 5.92 Å². The van der Waals surface area contributed by atoms with Crippen molar-refractivity contribution in [1.82, 2.24) is 0 Å². The first-order valence-corrected chi connectivity index (χ1v) is 9.37. The highest BCUT2D eigenvalue weighted by atomic mass is 79.9. The van der Waals surface area contributed by atoms with Gasteiger partial charge in [-0.3, -0.25) is 0 Å². The van der Waals surface area contributed by atoms with Gasteiger partial charge in [-0.05, 0) is 40.4 Å². The molecule has 1 aromatic carbocycles. The average molecular weight is 402 g/mol. The Kier molecular flexibility index (Phi) is 6.62. The first-order valence-electron chi connectivity index (χ1n) is 6.27. The molecule has 118 valence electrons. The molecular formula is C13H15BrClFO4S. The van der Waals surface area contributed by atoms with Crippen molar-refractivity contribution in [2.75, 3.05) is 6.61 Å². The van der Waals surface area contributed by atoms with Gasteiger partial charge in [0.15, 0.2) is 0 Å². The molecule has 0 fully saturated rings. The molecule has 0 aliphatic rings. The summed E-state index contributed by atoms with van der Waals surface area (Å²) in [5.41, 5.74) is -0.196. The highest BCUT2D eigenvalue weighted by Crippen LogP contribution is 2.29. The zero-order valence-electron chi connectivity index (χ0n) is 11.5. The van der Waals surface area contributed by atoms with E-state index in [4.69, 9.17) is 15.4 Å². The lowest BCUT2D eigenvalue weighted by Gasteiger charge is -2.11. The monoisotopic (exact) mass is 400 g/mol. The van der Waals surface area contributed by atoms with Crippen molar-refractivity contribution in [2.45, 2.75) is 31.6 Å². The molecule has 0 bridgehead atoms. The summed E-state index contributed by atoms with van der Waals surface area (Å²) in [4.78, 5) is 11.4. The molecule has 21 heavy (non-hydrogen) atoms. The average Bonchev–Trinajstić information content (AvgIpc) is 2.38. The van der Waals surface area contributed by atoms with Gasteiger partial charge in [0.1, 0.15) is 10.7 Å². The molecule has 0 aliphatic heterocycles. The summed E-state index contributed by atoms with van der Waals surface area (Å²) in [5.74, 6) is -1.51. The summed E-state index contributed by atoms with van der Waals surface area (Å²) in [6.07, 6.45) is 1.85. The van der Waals surface area contributed by atoms with Crippen LogP contribution in [0.5, 0.6) is 0 Å². The molecule has 0 heterocycles. The molecule has 0 saturated carbocycles. The van der Waals surface area contributed by atoms with Gasteiger partial charge in [-0.25, -0.2) is 17.6 Å². The second kappa shape index (κ2) is 7.56. The molecule has 0 radical (unpaired) electrons. The van der Waals surface area contributed by atoms with E-state index in [0.29, 0.717) is 0 Å². The first kappa shape index (κ1) is 18.4. The number of hydrogen-bond acceptors (Lipinski definition) is 4. The molecule has 1 atom stereocenters. The molecule has 8 heteroatoms. The van der Waals surface area contributed by atoms with E-state index in [1.165, 1.54) is 0 Å². The van der Waals surface area contributed by atoms with Crippen LogP contribution in [0.2, 0.25) is 0 Å². The maximum absolute atomic E-state index is 13.7. The van der Waals surface area contributed by atoms with Crippen LogP contribution in [0.1, 0.15) is 37.0 Å². The molecule has 1 rings (SSSR count). The number of carbonyl (C=O) groups is 1. The Labute approximate surface area is 136 Å². The highest BCUT2D eigenvalue weighted by Gasteiger charge is 2.22. The van der Waals surface area contributed by atoms with Crippen LogP contribution in [0.15, 0.2) is 21.5 Å². The van der Waals surface area contributed by atoms with Gasteiger partial charge in [-0.1, -0.05) is 20.3 Å². The molecule has 4 nitrogen and oxygen atoms in total. The Hall–Kier alpha value is -0.660. The van der Waals surface area contributed by atoms with Crippen LogP contribution in [0, 0.1) is 11.7 Å². The van der Waals surface area contributed by atoms with Gasteiger partial charge in [0, 0.05) is 10.7 Å². The van der Waals surface area contributed by atoms with Gasteiger partial charge < -0.3 is 4.74 Å². The molecule has 0 saturated heterocycles. The topological polar surface area (TPSA) is 60.4 Å². The van der Waals surface area contributed by atoms with E-state index in [2.05, 4.69) is 15.9 Å². The van der Waals surface area contributed by atoms with Crippen LogP contribution in [0.3, 0.4) is 0 Å². The van der Waals surface area contributed by atoms with Gasteiger partial charge in [0.25, 0.3) is 9.05 Å². The molecule has 0 aliphatic carbocycles. The lowest BCUT2D eigenvalue weighted by atomic mass is 10.1. The number of esters is 1. The number of benzene rings is 1. The van der Waals surface area contributed by atoms with Crippen LogP contribution in [-0.4, -0.2) is 21.0 Å². The van der Waals surface area contributed by atoms with Crippen molar-refractivity contribution >= 4 is 41.6 Å². The van der Waals surface area contributed by atoms with Gasteiger partial charge in [0.05, 0.1) is 16.6 Å². The lowest BCUT2D eigenvalue weighted by molar-refractivity contribution is 0.0442. The van der Waals surface area contributed by atoms with Crippen LogP contribution < -0.4 is 0 Å². The minimum Gasteiger partial charge on any atom is -0.462 e. The third-order valence-electron chi connectivity index (χ3n) is 2.77. The lowest BCUT2D eigenvalue weighted by Crippen LogP contribution is -2.13. The Morgan fingerprint density at radius 1 is 1.48 bits per heavy atom. The first-order chi connectivity index (χ1) is 9.66. The normalized spacial score (nSPS) is 13.0. The molecule has 0 aromatic heterocycles. The largest absolute Gasteiger partial charge is 0.462 e. The molecule has 0 amide bonds. The van der Waals surface area contributed by atoms with Crippen molar-refractivity contribution in [3.63, 3.8) is 0 Å². The Balaban J connectivity index is 2.99. The molecule has 1 aromatic rings. The third kappa shape index (κ3) is 5.23. The molecule has 1 unspecified atom stereocenters. The fourth-order valence-electron chi connectivity index (χ4n) is 1.74. The van der Waals surface area contributed by atoms with Crippen LogP contribution >= 0.6 is 26.6 Å². The van der Waals surface area contributed by atoms with Crippen molar-refractivity contribution in [1.29, 1.82) is 0 Å². The van der Waals surface area contributed by atoms with E-state index in [1.54, 1.807) is 0 Å². The van der Waals surface area contributed by atoms with E-state index >= 15 is 0 Å². The van der Waals surface area contributed by atoms with E-state index < -0.39 is 25.7 Å². The van der Waals surface area contributed by atoms with Crippen molar-refractivity contribution < 1.29 is 22.3 Å². The smallest absolute Gasteiger partial charge is 0.338 e. The minimum absolute atomic E-state index is 0.176. The second-order valence-electron chi connectivity index (χ2n) is 4.70. The maximum Gasteiger partial charge on any atom is 0.338 e. The van der Waals surface area contributed by atoms with Gasteiger partial charge in [0.2, 0.25) is 0 Å². The Morgan fingerprint density at radius 2 is 2.10 bits per heavy atom. The predicted molar refractivity (Wildman–Crippen MR) is 81.5 cm³/mol. The van der Waals surface area contributed by atoms with Crippen molar-refractivity contribution in [3.8, 4) is 0 Å². The number of rotatable bonds is 6. The second-order valence-corrected chi connectivity index (χ2v) is 8.03. The quantitative estimate of drug-likeness (QED) is 0.532. The minimum atomic E-state index is -4.17. The van der Waals surface area contributed by atoms with Gasteiger partial charge in [-0.15, -0.1) is 0 Å². The predicted octanol–water partition coefficient (Wildman–Crippen LogP) is 4.11. The van der Waals surface area contributed by atoms with Gasteiger partial charge in [-0.2, -0.15) is 0 Å². The van der Waals surface area contributed by atoms with Gasteiger partial charge >= 0.3 is 5.97 Å². The number of hydrogen-bond donors (Lipinski definition) is 0. The fraction of sp³-hybridized carbons (Fsp3) is 0.462. The van der Waals surface area contributed by atoms with E-state index in [9.17, 15) is 17.6 Å². The maximum atomic E-state index is 13.7. The SMILES string of the molecule is CCCC(C)COC(=O)c1cc(F)c(Br)c(S(=O)(=O)Cl)c1. The number of ether oxygens (including phenoxy) is 1. The number of halogens is 3. The summed E-state index contributed by atoms with van der Waals surface area (Å²) < 4.78 is 41.1. The summed E-state index contributed by atoms with van der Waals surface area (Å²) in [5, 5.41) is 0. The molecular weight excluding hydrogens is 387 g/mol. The zero-order chi connectivity index (χ0) is 16.2. The van der Waals surface area contributed by atoms with Crippen molar-refractivity contribution in [3.05, 3.63) is 28.0 Å². The molecule has 0 N–H and O–H groups in total. The fourth-order valence-corrected chi connectivity index (χ4v) is 3.83. The summed E-state index contributed by atoms with van der Waals surface area (Å²) >= 11 is 2.79. The van der Waals surface area contributed by atoms with E-state index in [-0.39, 0.29) is 22.6 Å². The molecule has 0 spiro atoms. The Bertz CT molecular complexity index is 633. The van der Waals surface area contributed by atoms with Crippen LogP contribution in [0.25, 0.3) is 0 Å². The highest BCUT2D eigenvalue weighted by molar-refractivity contribution is 9.10. The summed E-state index contributed by atoms with van der Waals surface area (Å²) in [6, 6.07) is 1.89. The summed E-state index contributed by atoms with van der Waals surface area (Å²) in [6.45, 7) is 4.13. The standard InChI is InChI=1S/C13H15BrClFO4S/c1-3-4-8(2)7-20-13(17)9-5-10(16)12(14)11(6-9)21(15,18)19/h5-6,8H,3-4,7H2,1-2H3. The van der Waals surface area contributed by atoms with E-state index in [0.717, 1.165) is 25.0 Å². The number of carbonyl (C=O) groups excluding carboxylic acids is 1. The summed E-state index contributed by atoms with van der Waals surface area (Å²) in [7, 11) is 1.03. The third-order valence-corrected chi connectivity index (χ3v) is 5.19. The van der Waals surface area contributed by atoms with Crippen LogP contribution in [0.4, 0.5) is 4.39 Å². The zero-order valence-corrected chi connectivity index (χ0v) is 14.7. The Morgan fingerprint density at radius 3 is 2.62 bits per heavy atom. The van der Waals surface area contributed by atoms with Crippen LogP contribution in [-0.2, 0) is 13.8 Å². The van der Waals surface area contributed by atoms with E-state index in [1.807, 2.05) is 13.8 Å².